The van der Waals surface area contributed by atoms with E-state index in [-0.39, 0.29) is 10.9 Å². The van der Waals surface area contributed by atoms with Crippen LogP contribution in [0.3, 0.4) is 0 Å². The summed E-state index contributed by atoms with van der Waals surface area (Å²) in [5, 5.41) is 11.3. The molecule has 1 heterocycles. The van der Waals surface area contributed by atoms with Crippen molar-refractivity contribution in [3.05, 3.63) is 64.7 Å². The van der Waals surface area contributed by atoms with Crippen molar-refractivity contribution in [2.45, 2.75) is 17.8 Å². The molecule has 0 aliphatic heterocycles. The van der Waals surface area contributed by atoms with Crippen LogP contribution in [0.15, 0.2) is 53.7 Å². The average Bonchev–Trinajstić information content (AvgIpc) is 2.97. The Hall–Kier alpha value is -2.25. The highest BCUT2D eigenvalue weighted by Gasteiger charge is 2.24. The second-order valence-electron chi connectivity index (χ2n) is 5.10. The van der Waals surface area contributed by atoms with Gasteiger partial charge in [0.05, 0.1) is 11.4 Å². The van der Waals surface area contributed by atoms with Crippen LogP contribution in [-0.2, 0) is 15.6 Å². The molecular formula is C15H13ClN4O2S. The lowest BCUT2D eigenvalue weighted by molar-refractivity contribution is 0.579. The van der Waals surface area contributed by atoms with Gasteiger partial charge in [0.15, 0.2) is 0 Å². The number of rotatable bonds is 4. The summed E-state index contributed by atoms with van der Waals surface area (Å²) in [6, 6.07) is 14.0. The number of halogens is 1. The fraction of sp³-hybridized carbons (Fsp3) is 0.133. The van der Waals surface area contributed by atoms with E-state index >= 15 is 0 Å². The SMILES string of the molecule is Cc1cccc(-n2nnnc2S(=O)(=O)Cc2cccc(Cl)c2)c1. The largest absolute Gasteiger partial charge is 0.272 e. The molecule has 3 rings (SSSR count). The lowest BCUT2D eigenvalue weighted by Gasteiger charge is -2.07. The molecule has 0 saturated heterocycles. The molecule has 0 saturated carbocycles. The van der Waals surface area contributed by atoms with Crippen molar-refractivity contribution in [1.29, 1.82) is 0 Å². The van der Waals surface area contributed by atoms with Gasteiger partial charge in [0.1, 0.15) is 0 Å². The Morgan fingerprint density at radius 3 is 2.65 bits per heavy atom. The number of benzene rings is 2. The van der Waals surface area contributed by atoms with E-state index in [1.165, 1.54) is 4.68 Å². The Kier molecular flexibility index (Phi) is 4.14. The van der Waals surface area contributed by atoms with E-state index < -0.39 is 9.84 Å². The van der Waals surface area contributed by atoms with Crippen LogP contribution in [0, 0.1) is 6.92 Å². The zero-order valence-electron chi connectivity index (χ0n) is 12.2. The molecule has 2 aromatic carbocycles. The predicted octanol–water partition coefficient (Wildman–Crippen LogP) is 2.60. The first-order chi connectivity index (χ1) is 11.0. The summed E-state index contributed by atoms with van der Waals surface area (Å²) in [4.78, 5) is 0. The van der Waals surface area contributed by atoms with Gasteiger partial charge in [-0.15, -0.1) is 0 Å². The van der Waals surface area contributed by atoms with Crippen molar-refractivity contribution in [2.24, 2.45) is 0 Å². The highest BCUT2D eigenvalue weighted by atomic mass is 35.5. The first-order valence-electron chi connectivity index (χ1n) is 6.78. The lowest BCUT2D eigenvalue weighted by atomic mass is 10.2. The van der Waals surface area contributed by atoms with Crippen LogP contribution in [0.5, 0.6) is 0 Å². The standard InChI is InChI=1S/C15H13ClN4O2S/c1-11-4-2-7-14(8-11)20-15(17-18-19-20)23(21,22)10-12-5-3-6-13(16)9-12/h2-9H,10H2,1H3. The molecule has 0 aliphatic rings. The molecule has 0 radical (unpaired) electrons. The first kappa shape index (κ1) is 15.6. The average molecular weight is 349 g/mol. The van der Waals surface area contributed by atoms with Crippen molar-refractivity contribution < 1.29 is 8.42 Å². The van der Waals surface area contributed by atoms with E-state index in [9.17, 15) is 8.42 Å². The Balaban J connectivity index is 2.00. The maximum atomic E-state index is 12.6. The second kappa shape index (κ2) is 6.10. The fourth-order valence-electron chi connectivity index (χ4n) is 2.21. The topological polar surface area (TPSA) is 77.7 Å². The second-order valence-corrected chi connectivity index (χ2v) is 7.42. The monoisotopic (exact) mass is 348 g/mol. The molecule has 0 spiro atoms. The molecule has 0 amide bonds. The minimum atomic E-state index is -3.71. The van der Waals surface area contributed by atoms with Crippen LogP contribution in [0.25, 0.3) is 5.69 Å². The van der Waals surface area contributed by atoms with Crippen molar-refractivity contribution in [2.75, 3.05) is 0 Å². The van der Waals surface area contributed by atoms with Gasteiger partial charge in [-0.25, -0.2) is 8.42 Å². The van der Waals surface area contributed by atoms with Gasteiger partial charge in [-0.05, 0) is 52.7 Å². The van der Waals surface area contributed by atoms with Crippen LogP contribution in [-0.4, -0.2) is 28.6 Å². The van der Waals surface area contributed by atoms with Crippen LogP contribution in [0.1, 0.15) is 11.1 Å². The number of aromatic nitrogens is 4. The van der Waals surface area contributed by atoms with E-state index in [0.717, 1.165) is 5.56 Å². The molecule has 0 aliphatic carbocycles. The number of nitrogens with zero attached hydrogens (tertiary/aromatic N) is 4. The van der Waals surface area contributed by atoms with Gasteiger partial charge in [0, 0.05) is 5.02 Å². The molecule has 0 N–H and O–H groups in total. The smallest absolute Gasteiger partial charge is 0.220 e. The van der Waals surface area contributed by atoms with E-state index in [1.807, 2.05) is 25.1 Å². The Morgan fingerprint density at radius 1 is 1.13 bits per heavy atom. The van der Waals surface area contributed by atoms with Crippen LogP contribution >= 0.6 is 11.6 Å². The third-order valence-electron chi connectivity index (χ3n) is 3.21. The quantitative estimate of drug-likeness (QED) is 0.724. The zero-order chi connectivity index (χ0) is 16.4. The van der Waals surface area contributed by atoms with Gasteiger partial charge < -0.3 is 0 Å². The van der Waals surface area contributed by atoms with Crippen molar-refractivity contribution in [3.8, 4) is 5.69 Å². The number of aryl methyl sites for hydroxylation is 1. The summed E-state index contributed by atoms with van der Waals surface area (Å²) in [5.41, 5.74) is 2.16. The highest BCUT2D eigenvalue weighted by molar-refractivity contribution is 7.90. The normalized spacial score (nSPS) is 11.6. The maximum Gasteiger partial charge on any atom is 0.272 e. The zero-order valence-corrected chi connectivity index (χ0v) is 13.8. The molecule has 0 atom stereocenters. The summed E-state index contributed by atoms with van der Waals surface area (Å²) in [6.07, 6.45) is 0. The Bertz CT molecular complexity index is 953. The number of sulfone groups is 1. The number of hydrogen-bond acceptors (Lipinski definition) is 5. The molecule has 1 aromatic heterocycles. The van der Waals surface area contributed by atoms with E-state index in [4.69, 9.17) is 11.6 Å². The van der Waals surface area contributed by atoms with E-state index in [2.05, 4.69) is 15.5 Å². The summed E-state index contributed by atoms with van der Waals surface area (Å²) in [6.45, 7) is 1.91. The van der Waals surface area contributed by atoms with Gasteiger partial charge >= 0.3 is 0 Å². The third kappa shape index (κ3) is 3.40. The van der Waals surface area contributed by atoms with Gasteiger partial charge in [-0.1, -0.05) is 41.0 Å². The summed E-state index contributed by atoms with van der Waals surface area (Å²) >= 11 is 5.90. The summed E-state index contributed by atoms with van der Waals surface area (Å²) < 4.78 is 26.5. The van der Waals surface area contributed by atoms with Gasteiger partial charge in [-0.3, -0.25) is 0 Å². The van der Waals surface area contributed by atoms with Gasteiger partial charge in [-0.2, -0.15) is 4.68 Å². The van der Waals surface area contributed by atoms with Gasteiger partial charge in [0.2, 0.25) is 9.84 Å². The van der Waals surface area contributed by atoms with Crippen molar-refractivity contribution in [3.63, 3.8) is 0 Å². The minimum absolute atomic E-state index is 0.192. The Morgan fingerprint density at radius 2 is 1.91 bits per heavy atom. The maximum absolute atomic E-state index is 12.6. The van der Waals surface area contributed by atoms with E-state index in [0.29, 0.717) is 16.3 Å². The van der Waals surface area contributed by atoms with Crippen molar-refractivity contribution in [1.82, 2.24) is 20.2 Å². The Labute approximate surface area is 138 Å². The summed E-state index contributed by atoms with van der Waals surface area (Å²) in [5.74, 6) is -0.222. The van der Waals surface area contributed by atoms with Crippen LogP contribution in [0.4, 0.5) is 0 Å². The molecule has 0 bridgehead atoms. The minimum Gasteiger partial charge on any atom is -0.220 e. The van der Waals surface area contributed by atoms with Crippen molar-refractivity contribution >= 4 is 21.4 Å². The van der Waals surface area contributed by atoms with Crippen LogP contribution < -0.4 is 0 Å². The molecular weight excluding hydrogens is 336 g/mol. The fourth-order valence-corrected chi connectivity index (χ4v) is 3.73. The predicted molar refractivity (Wildman–Crippen MR) is 86.2 cm³/mol. The van der Waals surface area contributed by atoms with Crippen LogP contribution in [0.2, 0.25) is 5.02 Å². The molecule has 0 fully saturated rings. The molecule has 23 heavy (non-hydrogen) atoms. The summed E-state index contributed by atoms with van der Waals surface area (Å²) in [7, 11) is -3.71. The number of hydrogen-bond donors (Lipinski definition) is 0. The molecule has 8 heteroatoms. The lowest BCUT2D eigenvalue weighted by Crippen LogP contribution is -2.13. The molecule has 0 unspecified atom stereocenters. The van der Waals surface area contributed by atoms with Gasteiger partial charge in [0.25, 0.3) is 5.16 Å². The van der Waals surface area contributed by atoms with E-state index in [1.54, 1.807) is 30.3 Å². The third-order valence-corrected chi connectivity index (χ3v) is 4.97. The molecule has 3 aromatic rings. The molecule has 6 nitrogen and oxygen atoms in total. The highest BCUT2D eigenvalue weighted by Crippen LogP contribution is 2.19. The molecule has 118 valence electrons. The number of tetrazole rings is 1. The first-order valence-corrected chi connectivity index (χ1v) is 8.81.